The fraction of sp³-hybridized carbons (Fsp3) is 0.500. The summed E-state index contributed by atoms with van der Waals surface area (Å²) >= 11 is 3.24. The first-order valence-corrected chi connectivity index (χ1v) is 4.12. The van der Waals surface area contributed by atoms with Gasteiger partial charge in [0, 0.05) is 0 Å². The van der Waals surface area contributed by atoms with Gasteiger partial charge in [0.25, 0.3) is 0 Å². The van der Waals surface area contributed by atoms with Gasteiger partial charge >= 0.3 is 0 Å². The number of nitrogens with zero attached hydrogens (tertiary/aromatic N) is 1. The molecule has 1 aromatic rings. The van der Waals surface area contributed by atoms with Crippen molar-refractivity contribution in [1.82, 2.24) is 10.2 Å². The molecule has 0 aliphatic heterocycles. The largest absolute Gasteiger partial charge is 0.387 e. The van der Waals surface area contributed by atoms with E-state index in [4.69, 9.17) is 5.73 Å². The van der Waals surface area contributed by atoms with Crippen molar-refractivity contribution in [3.05, 3.63) is 16.4 Å². The summed E-state index contributed by atoms with van der Waals surface area (Å²) in [4.78, 5) is 0. The molecule has 11 heavy (non-hydrogen) atoms. The maximum Gasteiger partial charge on any atom is 0.0977 e. The highest BCUT2D eigenvalue weighted by molar-refractivity contribution is 9.10. The van der Waals surface area contributed by atoms with E-state index in [9.17, 15) is 5.11 Å². The summed E-state index contributed by atoms with van der Waals surface area (Å²) in [6.07, 6.45) is 1.60. The first-order valence-electron chi connectivity index (χ1n) is 3.32. The third-order valence-corrected chi connectivity index (χ3v) is 2.03. The molecule has 0 aliphatic rings. The van der Waals surface area contributed by atoms with Gasteiger partial charge in [0.1, 0.15) is 0 Å². The monoisotopic (exact) mass is 219 g/mol. The average Bonchev–Trinajstić information content (AvgIpc) is 2.36. The van der Waals surface area contributed by atoms with Crippen molar-refractivity contribution in [3.8, 4) is 0 Å². The number of nitrogens with one attached hydrogen (secondary N) is 1. The molecular weight excluding hydrogens is 210 g/mol. The first kappa shape index (κ1) is 8.70. The zero-order valence-corrected chi connectivity index (χ0v) is 7.50. The van der Waals surface area contributed by atoms with E-state index in [-0.39, 0.29) is 0 Å². The van der Waals surface area contributed by atoms with Gasteiger partial charge in [-0.15, -0.1) is 0 Å². The molecule has 0 unspecified atom stereocenters. The smallest absolute Gasteiger partial charge is 0.0977 e. The second kappa shape index (κ2) is 3.85. The van der Waals surface area contributed by atoms with Crippen LogP contribution in [0.3, 0.4) is 0 Å². The highest BCUT2D eigenvalue weighted by Gasteiger charge is 2.11. The molecule has 0 bridgehead atoms. The zero-order chi connectivity index (χ0) is 8.27. The van der Waals surface area contributed by atoms with Crippen molar-refractivity contribution >= 4 is 15.9 Å². The fourth-order valence-electron chi connectivity index (χ4n) is 0.817. The Kier molecular flexibility index (Phi) is 3.04. The van der Waals surface area contributed by atoms with E-state index in [0.717, 1.165) is 4.47 Å². The van der Waals surface area contributed by atoms with E-state index in [1.54, 1.807) is 6.20 Å². The normalized spacial score (nSPS) is 13.4. The molecule has 1 heterocycles. The van der Waals surface area contributed by atoms with Gasteiger partial charge in [-0.25, -0.2) is 0 Å². The van der Waals surface area contributed by atoms with Gasteiger partial charge in [0.05, 0.1) is 22.5 Å². The minimum absolute atomic E-state index is 0.465. The Morgan fingerprint density at radius 1 is 1.82 bits per heavy atom. The van der Waals surface area contributed by atoms with Crippen LogP contribution >= 0.6 is 15.9 Å². The molecule has 0 fully saturated rings. The van der Waals surface area contributed by atoms with Crippen molar-refractivity contribution in [3.63, 3.8) is 0 Å². The number of aromatic amines is 1. The van der Waals surface area contributed by atoms with Crippen LogP contribution in [-0.2, 0) is 0 Å². The Bertz CT molecular complexity index is 225. The Balaban J connectivity index is 2.67. The Labute approximate surface area is 72.9 Å². The lowest BCUT2D eigenvalue weighted by Crippen LogP contribution is -2.07. The molecule has 5 heteroatoms. The summed E-state index contributed by atoms with van der Waals surface area (Å²) < 4.78 is 0.790. The molecule has 4 nitrogen and oxygen atoms in total. The van der Waals surface area contributed by atoms with E-state index in [0.29, 0.717) is 18.7 Å². The molecule has 0 radical (unpaired) electrons. The fourth-order valence-corrected chi connectivity index (χ4v) is 1.27. The molecule has 0 aliphatic carbocycles. The van der Waals surface area contributed by atoms with E-state index in [1.165, 1.54) is 0 Å². The molecule has 1 aromatic heterocycles. The summed E-state index contributed by atoms with van der Waals surface area (Å²) in [5.41, 5.74) is 5.97. The molecule has 1 atom stereocenters. The average molecular weight is 220 g/mol. The number of nitrogens with two attached hydrogens (primary N) is 1. The van der Waals surface area contributed by atoms with Crippen LogP contribution in [0.2, 0.25) is 0 Å². The van der Waals surface area contributed by atoms with Crippen LogP contribution in [0.4, 0.5) is 0 Å². The van der Waals surface area contributed by atoms with Gasteiger partial charge in [-0.05, 0) is 28.9 Å². The van der Waals surface area contributed by atoms with Crippen molar-refractivity contribution < 1.29 is 5.11 Å². The minimum atomic E-state index is -0.545. The predicted molar refractivity (Wildman–Crippen MR) is 44.9 cm³/mol. The van der Waals surface area contributed by atoms with E-state index < -0.39 is 6.10 Å². The van der Waals surface area contributed by atoms with Gasteiger partial charge in [0.2, 0.25) is 0 Å². The molecule has 0 aromatic carbocycles. The quantitative estimate of drug-likeness (QED) is 0.696. The van der Waals surface area contributed by atoms with Gasteiger partial charge in [-0.3, -0.25) is 5.10 Å². The number of rotatable bonds is 3. The predicted octanol–water partition coefficient (Wildman–Crippen LogP) is 0.554. The van der Waals surface area contributed by atoms with Crippen LogP contribution in [-0.4, -0.2) is 21.8 Å². The number of aliphatic hydroxyl groups excluding tert-OH is 1. The number of hydrogen-bond donors (Lipinski definition) is 3. The molecule has 62 valence electrons. The van der Waals surface area contributed by atoms with E-state index >= 15 is 0 Å². The maximum absolute atomic E-state index is 9.41. The van der Waals surface area contributed by atoms with Crippen molar-refractivity contribution in [1.29, 1.82) is 0 Å². The first-order chi connectivity index (χ1) is 5.25. The van der Waals surface area contributed by atoms with Crippen LogP contribution in [0, 0.1) is 0 Å². The summed E-state index contributed by atoms with van der Waals surface area (Å²) in [5.74, 6) is 0. The zero-order valence-electron chi connectivity index (χ0n) is 5.92. The molecule has 1 rings (SSSR count). The molecule has 0 saturated heterocycles. The number of H-pyrrole nitrogens is 1. The van der Waals surface area contributed by atoms with E-state index in [2.05, 4.69) is 26.1 Å². The summed E-state index contributed by atoms with van der Waals surface area (Å²) in [6, 6.07) is 0. The number of aliphatic hydroxyl groups is 1. The van der Waals surface area contributed by atoms with Crippen LogP contribution in [0.15, 0.2) is 10.7 Å². The number of aromatic nitrogens is 2. The van der Waals surface area contributed by atoms with Crippen LogP contribution in [0.1, 0.15) is 18.2 Å². The second-order valence-electron chi connectivity index (χ2n) is 2.22. The lowest BCUT2D eigenvalue weighted by molar-refractivity contribution is 0.165. The molecule has 0 amide bonds. The number of hydrogen-bond acceptors (Lipinski definition) is 3. The third kappa shape index (κ3) is 2.02. The number of halogens is 1. The molecule has 0 saturated carbocycles. The van der Waals surface area contributed by atoms with Gasteiger partial charge < -0.3 is 10.8 Å². The Morgan fingerprint density at radius 2 is 2.55 bits per heavy atom. The van der Waals surface area contributed by atoms with Crippen LogP contribution < -0.4 is 5.73 Å². The SMILES string of the molecule is NCC[C@H](O)c1[nH]ncc1Br. The van der Waals surface area contributed by atoms with Gasteiger partial charge in [0.15, 0.2) is 0 Å². The summed E-state index contributed by atoms with van der Waals surface area (Å²) in [7, 11) is 0. The summed E-state index contributed by atoms with van der Waals surface area (Å²) in [5, 5.41) is 15.8. The van der Waals surface area contributed by atoms with E-state index in [1.807, 2.05) is 0 Å². The lowest BCUT2D eigenvalue weighted by atomic mass is 10.2. The topological polar surface area (TPSA) is 74.9 Å². The van der Waals surface area contributed by atoms with Crippen LogP contribution in [0.25, 0.3) is 0 Å². The molecular formula is C6H10BrN3O. The molecule has 4 N–H and O–H groups in total. The highest BCUT2D eigenvalue weighted by atomic mass is 79.9. The highest BCUT2D eigenvalue weighted by Crippen LogP contribution is 2.21. The summed E-state index contributed by atoms with van der Waals surface area (Å²) in [6.45, 7) is 0.465. The minimum Gasteiger partial charge on any atom is -0.387 e. The second-order valence-corrected chi connectivity index (χ2v) is 3.08. The lowest BCUT2D eigenvalue weighted by Gasteiger charge is -2.05. The van der Waals surface area contributed by atoms with Crippen LogP contribution in [0.5, 0.6) is 0 Å². The van der Waals surface area contributed by atoms with Crippen molar-refractivity contribution in [2.45, 2.75) is 12.5 Å². The Morgan fingerprint density at radius 3 is 3.00 bits per heavy atom. The van der Waals surface area contributed by atoms with Crippen molar-refractivity contribution in [2.75, 3.05) is 6.54 Å². The molecule has 0 spiro atoms. The van der Waals surface area contributed by atoms with Gasteiger partial charge in [-0.2, -0.15) is 5.10 Å². The standard InChI is InChI=1S/C6H10BrN3O/c7-4-3-9-10-6(4)5(11)1-2-8/h3,5,11H,1-2,8H2,(H,9,10)/t5-/m0/s1. The third-order valence-electron chi connectivity index (χ3n) is 1.39. The van der Waals surface area contributed by atoms with Gasteiger partial charge in [-0.1, -0.05) is 0 Å². The Hall–Kier alpha value is -0.390. The van der Waals surface area contributed by atoms with Crippen molar-refractivity contribution in [2.24, 2.45) is 5.73 Å². The maximum atomic E-state index is 9.41.